The zero-order chi connectivity index (χ0) is 15.8. The molecule has 2 aromatic carbocycles. The molecule has 1 amide bonds. The van der Waals surface area contributed by atoms with Crippen molar-refractivity contribution in [1.29, 1.82) is 0 Å². The smallest absolute Gasteiger partial charge is 0.259 e. The van der Waals surface area contributed by atoms with Gasteiger partial charge in [-0.15, -0.1) is 0 Å². The van der Waals surface area contributed by atoms with Crippen molar-refractivity contribution in [2.75, 3.05) is 19.0 Å². The first kappa shape index (κ1) is 15.9. The Morgan fingerprint density at radius 2 is 2.09 bits per heavy atom. The summed E-state index contributed by atoms with van der Waals surface area (Å²) in [5, 5.41) is 7.44. The largest absolute Gasteiger partial charge is 0.497 e. The van der Waals surface area contributed by atoms with Crippen LogP contribution in [0.1, 0.15) is 5.56 Å². The van der Waals surface area contributed by atoms with Crippen molar-refractivity contribution in [2.24, 2.45) is 5.10 Å². The van der Waals surface area contributed by atoms with Crippen LogP contribution in [-0.2, 0) is 4.79 Å². The highest BCUT2D eigenvalue weighted by molar-refractivity contribution is 6.33. The maximum Gasteiger partial charge on any atom is 0.259 e. The van der Waals surface area contributed by atoms with Gasteiger partial charge in [-0.25, -0.2) is 5.43 Å². The highest BCUT2D eigenvalue weighted by atomic mass is 35.5. The van der Waals surface area contributed by atoms with Crippen molar-refractivity contribution in [3.63, 3.8) is 0 Å². The van der Waals surface area contributed by atoms with Crippen LogP contribution >= 0.6 is 11.6 Å². The lowest BCUT2D eigenvalue weighted by Crippen LogP contribution is -2.25. The second kappa shape index (κ2) is 8.05. The predicted octanol–water partition coefficient (Wildman–Crippen LogP) is 2.91. The molecule has 2 rings (SSSR count). The van der Waals surface area contributed by atoms with Crippen LogP contribution in [0.2, 0.25) is 5.02 Å². The molecule has 0 unspecified atom stereocenters. The molecule has 114 valence electrons. The fourth-order valence-corrected chi connectivity index (χ4v) is 1.89. The van der Waals surface area contributed by atoms with Gasteiger partial charge in [0.05, 0.1) is 19.9 Å². The number of carbonyl (C=O) groups is 1. The predicted molar refractivity (Wildman–Crippen MR) is 88.7 cm³/mol. The number of halogens is 1. The van der Waals surface area contributed by atoms with Crippen LogP contribution in [0.15, 0.2) is 53.6 Å². The van der Waals surface area contributed by atoms with E-state index in [0.29, 0.717) is 5.02 Å². The van der Waals surface area contributed by atoms with E-state index in [-0.39, 0.29) is 12.5 Å². The molecule has 6 heteroatoms. The average molecular weight is 318 g/mol. The van der Waals surface area contributed by atoms with E-state index in [9.17, 15) is 4.79 Å². The van der Waals surface area contributed by atoms with Crippen molar-refractivity contribution in [1.82, 2.24) is 5.43 Å². The third-order valence-electron chi connectivity index (χ3n) is 2.82. The SMILES string of the molecule is COc1cccc(NCC(=O)N/N=C\c2ccccc2Cl)c1. The number of rotatable bonds is 6. The number of methoxy groups -OCH3 is 1. The van der Waals surface area contributed by atoms with Gasteiger partial charge in [-0.1, -0.05) is 35.9 Å². The summed E-state index contributed by atoms with van der Waals surface area (Å²) in [6.07, 6.45) is 1.51. The first-order valence-corrected chi connectivity index (χ1v) is 7.01. The van der Waals surface area contributed by atoms with Crippen LogP contribution in [0, 0.1) is 0 Å². The van der Waals surface area contributed by atoms with Crippen LogP contribution < -0.4 is 15.5 Å². The molecular weight excluding hydrogens is 302 g/mol. The minimum atomic E-state index is -0.258. The van der Waals surface area contributed by atoms with E-state index in [1.54, 1.807) is 19.2 Å². The van der Waals surface area contributed by atoms with Gasteiger partial charge in [-0.05, 0) is 18.2 Å². The van der Waals surface area contributed by atoms with Gasteiger partial charge >= 0.3 is 0 Å². The number of ether oxygens (including phenoxy) is 1. The second-order valence-corrected chi connectivity index (χ2v) is 4.81. The summed E-state index contributed by atoms with van der Waals surface area (Å²) in [7, 11) is 1.59. The van der Waals surface area contributed by atoms with Crippen LogP contribution in [0.5, 0.6) is 5.75 Å². The van der Waals surface area contributed by atoms with Crippen molar-refractivity contribution < 1.29 is 9.53 Å². The number of benzene rings is 2. The first-order valence-electron chi connectivity index (χ1n) is 6.63. The maximum absolute atomic E-state index is 11.7. The number of carbonyl (C=O) groups excluding carboxylic acids is 1. The molecule has 0 bridgehead atoms. The van der Waals surface area contributed by atoms with Gasteiger partial charge in [0.25, 0.3) is 5.91 Å². The number of nitrogens with zero attached hydrogens (tertiary/aromatic N) is 1. The minimum Gasteiger partial charge on any atom is -0.497 e. The summed E-state index contributed by atoms with van der Waals surface area (Å²) in [5.74, 6) is 0.466. The molecule has 0 atom stereocenters. The summed E-state index contributed by atoms with van der Waals surface area (Å²) >= 11 is 5.98. The quantitative estimate of drug-likeness (QED) is 0.636. The molecule has 0 fully saturated rings. The number of amides is 1. The highest BCUT2D eigenvalue weighted by Crippen LogP contribution is 2.16. The van der Waals surface area contributed by atoms with Gasteiger partial charge in [0, 0.05) is 22.3 Å². The lowest BCUT2D eigenvalue weighted by Gasteiger charge is -2.07. The van der Waals surface area contributed by atoms with Crippen molar-refractivity contribution in [3.05, 3.63) is 59.1 Å². The molecule has 0 aliphatic rings. The van der Waals surface area contributed by atoms with Gasteiger partial charge in [0.15, 0.2) is 0 Å². The Labute approximate surface area is 133 Å². The van der Waals surface area contributed by atoms with E-state index in [2.05, 4.69) is 15.8 Å². The van der Waals surface area contributed by atoms with Crippen molar-refractivity contribution in [2.45, 2.75) is 0 Å². The first-order chi connectivity index (χ1) is 10.7. The van der Waals surface area contributed by atoms with Gasteiger partial charge in [0.1, 0.15) is 5.75 Å². The molecule has 0 aromatic heterocycles. The standard InChI is InChI=1S/C16H16ClN3O2/c1-22-14-7-4-6-13(9-14)18-11-16(21)20-19-10-12-5-2-3-8-15(12)17/h2-10,18H,11H2,1H3,(H,20,21)/b19-10-. The Hall–Kier alpha value is -2.53. The van der Waals surface area contributed by atoms with Crippen LogP contribution in [0.25, 0.3) is 0 Å². The zero-order valence-electron chi connectivity index (χ0n) is 12.0. The van der Waals surface area contributed by atoms with Crippen molar-refractivity contribution in [3.8, 4) is 5.75 Å². The summed E-state index contributed by atoms with van der Waals surface area (Å²) in [5.41, 5.74) is 3.97. The van der Waals surface area contributed by atoms with E-state index >= 15 is 0 Å². The molecule has 22 heavy (non-hydrogen) atoms. The molecule has 2 N–H and O–H groups in total. The summed E-state index contributed by atoms with van der Waals surface area (Å²) < 4.78 is 5.11. The molecule has 2 aromatic rings. The van der Waals surface area contributed by atoms with Crippen LogP contribution in [0.3, 0.4) is 0 Å². The van der Waals surface area contributed by atoms with E-state index in [0.717, 1.165) is 17.0 Å². The van der Waals surface area contributed by atoms with E-state index in [1.807, 2.05) is 36.4 Å². The maximum atomic E-state index is 11.7. The fraction of sp³-hybridized carbons (Fsp3) is 0.125. The molecule has 0 radical (unpaired) electrons. The van der Waals surface area contributed by atoms with E-state index in [1.165, 1.54) is 6.21 Å². The Morgan fingerprint density at radius 1 is 1.27 bits per heavy atom. The topological polar surface area (TPSA) is 62.7 Å². The molecule has 0 heterocycles. The molecule has 0 aliphatic carbocycles. The zero-order valence-corrected chi connectivity index (χ0v) is 12.8. The normalized spacial score (nSPS) is 10.5. The fourth-order valence-electron chi connectivity index (χ4n) is 1.71. The molecule has 0 aliphatic heterocycles. The summed E-state index contributed by atoms with van der Waals surface area (Å²) in [4.78, 5) is 11.7. The third kappa shape index (κ3) is 4.79. The summed E-state index contributed by atoms with van der Waals surface area (Å²) in [6.45, 7) is 0.104. The monoisotopic (exact) mass is 317 g/mol. The molecule has 0 saturated heterocycles. The third-order valence-corrected chi connectivity index (χ3v) is 3.17. The molecular formula is C16H16ClN3O2. The second-order valence-electron chi connectivity index (χ2n) is 4.40. The van der Waals surface area contributed by atoms with Gasteiger partial charge < -0.3 is 10.1 Å². The lowest BCUT2D eigenvalue weighted by molar-refractivity contribution is -0.119. The van der Waals surface area contributed by atoms with Gasteiger partial charge in [0.2, 0.25) is 0 Å². The Kier molecular flexibility index (Phi) is 5.80. The van der Waals surface area contributed by atoms with E-state index < -0.39 is 0 Å². The number of anilines is 1. The van der Waals surface area contributed by atoms with Crippen LogP contribution in [-0.4, -0.2) is 25.8 Å². The summed E-state index contributed by atoms with van der Waals surface area (Å²) in [6, 6.07) is 14.6. The Morgan fingerprint density at radius 3 is 2.86 bits per heavy atom. The molecule has 0 saturated carbocycles. The lowest BCUT2D eigenvalue weighted by atomic mass is 10.2. The molecule has 5 nitrogen and oxygen atoms in total. The Bertz CT molecular complexity index is 674. The Balaban J connectivity index is 1.82. The van der Waals surface area contributed by atoms with Gasteiger partial charge in [-0.2, -0.15) is 5.10 Å². The highest BCUT2D eigenvalue weighted by Gasteiger charge is 2.01. The molecule has 0 spiro atoms. The number of hydrogen-bond donors (Lipinski definition) is 2. The average Bonchev–Trinajstić information content (AvgIpc) is 2.55. The minimum absolute atomic E-state index is 0.104. The number of hydrazone groups is 1. The van der Waals surface area contributed by atoms with Crippen LogP contribution in [0.4, 0.5) is 5.69 Å². The number of hydrogen-bond acceptors (Lipinski definition) is 4. The van der Waals surface area contributed by atoms with Crippen molar-refractivity contribution >= 4 is 29.4 Å². The van der Waals surface area contributed by atoms with Gasteiger partial charge in [-0.3, -0.25) is 4.79 Å². The van der Waals surface area contributed by atoms with E-state index in [4.69, 9.17) is 16.3 Å². The number of nitrogens with one attached hydrogen (secondary N) is 2.